The zero-order valence-electron chi connectivity index (χ0n) is 14.7. The molecule has 0 aliphatic heterocycles. The van der Waals surface area contributed by atoms with Gasteiger partial charge in [0.2, 0.25) is 5.13 Å². The molecule has 0 bridgehead atoms. The number of nitrogens with zero attached hydrogens (tertiary/aromatic N) is 6. The Bertz CT molecular complexity index is 1010. The molecule has 0 aliphatic carbocycles. The smallest absolute Gasteiger partial charge is 0.211 e. The number of rotatable bonds is 7. The van der Waals surface area contributed by atoms with Gasteiger partial charge in [-0.2, -0.15) is 10.2 Å². The molecule has 1 N–H and O–H groups in total. The van der Waals surface area contributed by atoms with Crippen molar-refractivity contribution in [3.63, 3.8) is 0 Å². The highest BCUT2D eigenvalue weighted by Crippen LogP contribution is 2.29. The van der Waals surface area contributed by atoms with Gasteiger partial charge in [0.15, 0.2) is 5.82 Å². The van der Waals surface area contributed by atoms with Crippen LogP contribution in [0.3, 0.4) is 0 Å². The second kappa shape index (κ2) is 8.01. The van der Waals surface area contributed by atoms with E-state index >= 15 is 0 Å². The maximum atomic E-state index is 4.56. The topological polar surface area (TPSA) is 73.5 Å². The number of benzene rings is 1. The molecule has 3 heterocycles. The Balaban J connectivity index is 1.45. The first-order valence-electron chi connectivity index (χ1n) is 8.58. The molecule has 9 heteroatoms. The summed E-state index contributed by atoms with van der Waals surface area (Å²) >= 11 is 4.96. The van der Waals surface area contributed by atoms with E-state index in [-0.39, 0.29) is 6.04 Å². The third-order valence-corrected chi connectivity index (χ3v) is 5.41. The van der Waals surface area contributed by atoms with E-state index in [2.05, 4.69) is 60.7 Å². The Morgan fingerprint density at radius 2 is 2.04 bits per heavy atom. The van der Waals surface area contributed by atoms with Gasteiger partial charge in [0.05, 0.1) is 17.2 Å². The van der Waals surface area contributed by atoms with Crippen LogP contribution in [-0.4, -0.2) is 29.8 Å². The van der Waals surface area contributed by atoms with E-state index in [1.165, 1.54) is 16.9 Å². The Morgan fingerprint density at radius 3 is 2.78 bits per heavy atom. The lowest BCUT2D eigenvalue weighted by molar-refractivity contribution is 0.503. The third kappa shape index (κ3) is 4.25. The highest BCUT2D eigenvalue weighted by atomic mass is 79.9. The van der Waals surface area contributed by atoms with Crippen molar-refractivity contribution in [1.82, 2.24) is 29.8 Å². The fraction of sp³-hybridized carbons (Fsp3) is 0.222. The van der Waals surface area contributed by atoms with Gasteiger partial charge < -0.3 is 5.32 Å². The molecule has 1 atom stereocenters. The van der Waals surface area contributed by atoms with Crippen molar-refractivity contribution in [2.24, 2.45) is 0 Å². The Hall–Kier alpha value is -2.52. The predicted molar refractivity (Wildman–Crippen MR) is 109 cm³/mol. The van der Waals surface area contributed by atoms with Crippen LogP contribution in [-0.2, 0) is 6.54 Å². The number of hydrogen-bond donors (Lipinski definition) is 1. The predicted octanol–water partition coefficient (Wildman–Crippen LogP) is 4.48. The summed E-state index contributed by atoms with van der Waals surface area (Å²) in [6.07, 6.45) is 6.57. The molecular weight excluding hydrogens is 426 g/mol. The van der Waals surface area contributed by atoms with E-state index in [1.807, 2.05) is 46.0 Å². The van der Waals surface area contributed by atoms with Crippen LogP contribution in [0.5, 0.6) is 0 Å². The Kier molecular flexibility index (Phi) is 5.30. The van der Waals surface area contributed by atoms with Crippen molar-refractivity contribution >= 4 is 38.2 Å². The summed E-state index contributed by atoms with van der Waals surface area (Å²) in [5.41, 5.74) is 1.21. The van der Waals surface area contributed by atoms with E-state index in [1.54, 1.807) is 6.20 Å². The molecule has 7 nitrogen and oxygen atoms in total. The molecule has 0 aliphatic rings. The Labute approximate surface area is 169 Å². The van der Waals surface area contributed by atoms with Gasteiger partial charge >= 0.3 is 0 Å². The van der Waals surface area contributed by atoms with Crippen LogP contribution in [0.1, 0.15) is 30.0 Å². The normalized spacial score (nSPS) is 12.2. The van der Waals surface area contributed by atoms with Crippen LogP contribution in [0.15, 0.2) is 59.5 Å². The molecule has 27 heavy (non-hydrogen) atoms. The summed E-state index contributed by atoms with van der Waals surface area (Å²) < 4.78 is 4.76. The molecule has 4 aromatic rings. The SMILES string of the molecule is CCC(c1nnc(Nc2ccn(Cc3ccccc3)n2)s1)n1cc(Br)cn1. The van der Waals surface area contributed by atoms with Crippen molar-refractivity contribution < 1.29 is 0 Å². The minimum atomic E-state index is 0.0694. The monoisotopic (exact) mass is 443 g/mol. The van der Waals surface area contributed by atoms with Gasteiger partial charge in [-0.1, -0.05) is 48.6 Å². The summed E-state index contributed by atoms with van der Waals surface area (Å²) in [5.74, 6) is 0.753. The first kappa shape index (κ1) is 17.9. The lowest BCUT2D eigenvalue weighted by Crippen LogP contribution is -2.09. The van der Waals surface area contributed by atoms with Gasteiger partial charge in [0.25, 0.3) is 0 Å². The zero-order chi connectivity index (χ0) is 18.6. The van der Waals surface area contributed by atoms with E-state index in [9.17, 15) is 0 Å². The third-order valence-electron chi connectivity index (χ3n) is 4.06. The van der Waals surface area contributed by atoms with E-state index in [0.29, 0.717) is 0 Å². The number of hydrogen-bond acceptors (Lipinski definition) is 6. The zero-order valence-corrected chi connectivity index (χ0v) is 17.1. The van der Waals surface area contributed by atoms with Gasteiger partial charge in [-0.3, -0.25) is 9.36 Å². The van der Waals surface area contributed by atoms with E-state index < -0.39 is 0 Å². The molecule has 0 radical (unpaired) electrons. The number of halogens is 1. The summed E-state index contributed by atoms with van der Waals surface area (Å²) in [6, 6.07) is 12.3. The number of anilines is 2. The van der Waals surface area contributed by atoms with Crippen LogP contribution >= 0.6 is 27.3 Å². The molecule has 0 amide bonds. The lowest BCUT2D eigenvalue weighted by Gasteiger charge is -2.11. The van der Waals surface area contributed by atoms with Crippen LogP contribution in [0.4, 0.5) is 10.9 Å². The van der Waals surface area contributed by atoms with Crippen LogP contribution in [0.2, 0.25) is 0 Å². The van der Waals surface area contributed by atoms with Gasteiger partial charge in [0, 0.05) is 18.5 Å². The minimum absolute atomic E-state index is 0.0694. The van der Waals surface area contributed by atoms with E-state index in [0.717, 1.165) is 33.4 Å². The van der Waals surface area contributed by atoms with Gasteiger partial charge in [0.1, 0.15) is 11.0 Å². The quantitative estimate of drug-likeness (QED) is 0.455. The first-order chi connectivity index (χ1) is 13.2. The molecule has 0 spiro atoms. The highest BCUT2D eigenvalue weighted by molar-refractivity contribution is 9.10. The maximum absolute atomic E-state index is 4.56. The molecule has 0 saturated carbocycles. The molecule has 1 aromatic carbocycles. The molecular formula is C18H18BrN7S. The fourth-order valence-electron chi connectivity index (χ4n) is 2.78. The second-order valence-electron chi connectivity index (χ2n) is 6.02. The molecule has 0 saturated heterocycles. The van der Waals surface area contributed by atoms with Crippen molar-refractivity contribution in [3.8, 4) is 0 Å². The fourth-order valence-corrected chi connectivity index (χ4v) is 4.01. The van der Waals surface area contributed by atoms with Crippen molar-refractivity contribution in [1.29, 1.82) is 0 Å². The van der Waals surface area contributed by atoms with Crippen molar-refractivity contribution in [3.05, 3.63) is 70.0 Å². The summed E-state index contributed by atoms with van der Waals surface area (Å²) in [7, 11) is 0. The standard InChI is InChI=1S/C18H18BrN7S/c1-2-15(26-12-14(19)10-20-26)17-22-23-18(27-17)21-16-8-9-25(24-16)11-13-6-4-3-5-7-13/h3-10,12,15H,2,11H2,1H3,(H,21,23,24). The first-order valence-corrected chi connectivity index (χ1v) is 10.2. The van der Waals surface area contributed by atoms with Crippen molar-refractivity contribution in [2.75, 3.05) is 5.32 Å². The molecule has 1 unspecified atom stereocenters. The van der Waals surface area contributed by atoms with Crippen LogP contribution in [0.25, 0.3) is 0 Å². The molecule has 3 aromatic heterocycles. The van der Waals surface area contributed by atoms with Gasteiger partial charge in [-0.05, 0) is 27.9 Å². The maximum Gasteiger partial charge on any atom is 0.211 e. The van der Waals surface area contributed by atoms with Gasteiger partial charge in [-0.15, -0.1) is 10.2 Å². The average Bonchev–Trinajstić information content (AvgIpc) is 3.40. The van der Waals surface area contributed by atoms with Crippen LogP contribution < -0.4 is 5.32 Å². The molecule has 0 fully saturated rings. The van der Waals surface area contributed by atoms with Crippen molar-refractivity contribution in [2.45, 2.75) is 25.9 Å². The average molecular weight is 444 g/mol. The highest BCUT2D eigenvalue weighted by Gasteiger charge is 2.18. The summed E-state index contributed by atoms with van der Waals surface area (Å²) in [5, 5.41) is 22.4. The summed E-state index contributed by atoms with van der Waals surface area (Å²) in [4.78, 5) is 0. The second-order valence-corrected chi connectivity index (χ2v) is 7.94. The largest absolute Gasteiger partial charge is 0.313 e. The summed E-state index contributed by atoms with van der Waals surface area (Å²) in [6.45, 7) is 2.84. The number of nitrogens with one attached hydrogen (secondary N) is 1. The Morgan fingerprint density at radius 1 is 1.19 bits per heavy atom. The molecule has 138 valence electrons. The van der Waals surface area contributed by atoms with Gasteiger partial charge in [-0.25, -0.2) is 0 Å². The molecule has 4 rings (SSSR count). The van der Waals surface area contributed by atoms with E-state index in [4.69, 9.17) is 0 Å². The minimum Gasteiger partial charge on any atom is -0.313 e. The number of aromatic nitrogens is 6. The van der Waals surface area contributed by atoms with Crippen LogP contribution in [0, 0.1) is 0 Å². The lowest BCUT2D eigenvalue weighted by atomic mass is 10.2.